The van der Waals surface area contributed by atoms with E-state index in [1.54, 1.807) is 6.08 Å². The summed E-state index contributed by atoms with van der Waals surface area (Å²) in [6.45, 7) is 5.91. The summed E-state index contributed by atoms with van der Waals surface area (Å²) in [5.41, 5.74) is 0. The van der Waals surface area contributed by atoms with E-state index in [9.17, 15) is 4.79 Å². The van der Waals surface area contributed by atoms with Gasteiger partial charge in [-0.3, -0.25) is 4.79 Å². The fourth-order valence-electron chi connectivity index (χ4n) is 4.10. The second kappa shape index (κ2) is 7.85. The van der Waals surface area contributed by atoms with Crippen LogP contribution < -0.4 is 0 Å². The minimum Gasteiger partial charge on any atom is -0.462 e. The van der Waals surface area contributed by atoms with E-state index in [-0.39, 0.29) is 12.1 Å². The molecule has 0 N–H and O–H groups in total. The van der Waals surface area contributed by atoms with Crippen molar-refractivity contribution in [2.45, 2.75) is 77.2 Å². The smallest absolute Gasteiger partial charge is 0.309 e. The predicted molar refractivity (Wildman–Crippen MR) is 82.4 cm³/mol. The summed E-state index contributed by atoms with van der Waals surface area (Å²) in [5, 5.41) is 0. The zero-order valence-electron chi connectivity index (χ0n) is 13.0. The van der Waals surface area contributed by atoms with Gasteiger partial charge in [0.05, 0.1) is 6.42 Å². The molecule has 2 aliphatic rings. The monoisotopic (exact) mass is 278 g/mol. The first-order valence-corrected chi connectivity index (χ1v) is 8.53. The fraction of sp³-hybridized carbons (Fsp3) is 0.833. The molecule has 2 fully saturated rings. The van der Waals surface area contributed by atoms with Gasteiger partial charge >= 0.3 is 5.97 Å². The summed E-state index contributed by atoms with van der Waals surface area (Å²) >= 11 is 0. The second-order valence-corrected chi connectivity index (χ2v) is 6.71. The van der Waals surface area contributed by atoms with E-state index in [0.717, 1.165) is 30.6 Å². The first-order chi connectivity index (χ1) is 9.72. The third-order valence-corrected chi connectivity index (χ3v) is 5.46. The third kappa shape index (κ3) is 4.36. The van der Waals surface area contributed by atoms with Crippen molar-refractivity contribution in [1.82, 2.24) is 0 Å². The number of esters is 1. The normalized spacial score (nSPS) is 34.5. The van der Waals surface area contributed by atoms with Crippen molar-refractivity contribution in [2.24, 2.45) is 17.8 Å². The van der Waals surface area contributed by atoms with Crippen molar-refractivity contribution in [2.75, 3.05) is 0 Å². The maximum atomic E-state index is 11.5. The van der Waals surface area contributed by atoms with Gasteiger partial charge in [0.25, 0.3) is 0 Å². The number of carbonyl (C=O) groups excluding carboxylic acids is 1. The zero-order valence-corrected chi connectivity index (χ0v) is 13.0. The van der Waals surface area contributed by atoms with Crippen LogP contribution in [0, 0.1) is 17.8 Å². The van der Waals surface area contributed by atoms with E-state index in [0.29, 0.717) is 6.42 Å². The third-order valence-electron chi connectivity index (χ3n) is 5.46. The molecular weight excluding hydrogens is 248 g/mol. The van der Waals surface area contributed by atoms with Gasteiger partial charge < -0.3 is 4.74 Å². The summed E-state index contributed by atoms with van der Waals surface area (Å²) in [6, 6.07) is 0. The largest absolute Gasteiger partial charge is 0.462 e. The first kappa shape index (κ1) is 15.6. The highest BCUT2D eigenvalue weighted by Gasteiger charge is 2.31. The van der Waals surface area contributed by atoms with Crippen LogP contribution in [0.5, 0.6) is 0 Å². The van der Waals surface area contributed by atoms with Crippen LogP contribution in [0.25, 0.3) is 0 Å². The first-order valence-electron chi connectivity index (χ1n) is 8.53. The van der Waals surface area contributed by atoms with Gasteiger partial charge in [0.1, 0.15) is 6.10 Å². The highest BCUT2D eigenvalue weighted by atomic mass is 16.5. The molecule has 2 aliphatic carbocycles. The summed E-state index contributed by atoms with van der Waals surface area (Å²) in [6.07, 6.45) is 13.9. The molecule has 0 aromatic carbocycles. The SMILES string of the molecule is C=CCC(=O)OC1CCC(C2CCC(CC)CC2)CC1. The Morgan fingerprint density at radius 2 is 1.60 bits per heavy atom. The van der Waals surface area contributed by atoms with Gasteiger partial charge in [0, 0.05) is 0 Å². The lowest BCUT2D eigenvalue weighted by molar-refractivity contribution is -0.150. The molecule has 0 amide bonds. The van der Waals surface area contributed by atoms with E-state index >= 15 is 0 Å². The van der Waals surface area contributed by atoms with Crippen molar-refractivity contribution in [3.8, 4) is 0 Å². The average molecular weight is 278 g/mol. The van der Waals surface area contributed by atoms with Gasteiger partial charge in [-0.15, -0.1) is 6.58 Å². The van der Waals surface area contributed by atoms with E-state index in [4.69, 9.17) is 4.74 Å². The van der Waals surface area contributed by atoms with Crippen LogP contribution in [0.2, 0.25) is 0 Å². The molecule has 0 aromatic heterocycles. The van der Waals surface area contributed by atoms with Crippen molar-refractivity contribution >= 4 is 5.97 Å². The topological polar surface area (TPSA) is 26.3 Å². The zero-order chi connectivity index (χ0) is 14.4. The van der Waals surface area contributed by atoms with E-state index in [1.165, 1.54) is 44.9 Å². The average Bonchev–Trinajstić information content (AvgIpc) is 2.48. The number of hydrogen-bond donors (Lipinski definition) is 0. The lowest BCUT2D eigenvalue weighted by Gasteiger charge is -2.37. The Hall–Kier alpha value is -0.790. The van der Waals surface area contributed by atoms with Crippen LogP contribution in [-0.2, 0) is 9.53 Å². The molecule has 2 rings (SSSR count). The molecule has 0 aromatic rings. The molecule has 0 atom stereocenters. The van der Waals surface area contributed by atoms with Gasteiger partial charge in [0.2, 0.25) is 0 Å². The Morgan fingerprint density at radius 1 is 1.05 bits per heavy atom. The molecule has 20 heavy (non-hydrogen) atoms. The Kier molecular flexibility index (Phi) is 6.12. The van der Waals surface area contributed by atoms with Crippen LogP contribution in [0.3, 0.4) is 0 Å². The molecule has 0 aliphatic heterocycles. The molecule has 0 saturated heterocycles. The molecule has 0 unspecified atom stereocenters. The van der Waals surface area contributed by atoms with Gasteiger partial charge in [0.15, 0.2) is 0 Å². The minimum absolute atomic E-state index is 0.105. The predicted octanol–water partition coefficient (Wildman–Crippen LogP) is 4.88. The number of hydrogen-bond acceptors (Lipinski definition) is 2. The highest BCUT2D eigenvalue weighted by Crippen LogP contribution is 2.41. The Labute approximate surface area is 124 Å². The molecule has 0 heterocycles. The molecule has 114 valence electrons. The minimum atomic E-state index is -0.105. The van der Waals surface area contributed by atoms with Gasteiger partial charge in [-0.05, 0) is 56.3 Å². The lowest BCUT2D eigenvalue weighted by atomic mass is 9.70. The molecule has 0 radical (unpaired) electrons. The van der Waals surface area contributed by atoms with Crippen LogP contribution >= 0.6 is 0 Å². The maximum Gasteiger partial charge on any atom is 0.309 e. The van der Waals surface area contributed by atoms with Crippen LogP contribution in [0.4, 0.5) is 0 Å². The summed E-state index contributed by atoms with van der Waals surface area (Å²) in [7, 11) is 0. The van der Waals surface area contributed by atoms with Crippen molar-refractivity contribution in [3.05, 3.63) is 12.7 Å². The highest BCUT2D eigenvalue weighted by molar-refractivity contribution is 5.71. The second-order valence-electron chi connectivity index (χ2n) is 6.71. The summed E-state index contributed by atoms with van der Waals surface area (Å²) in [4.78, 5) is 11.5. The molecule has 2 heteroatoms. The van der Waals surface area contributed by atoms with Crippen molar-refractivity contribution in [3.63, 3.8) is 0 Å². The van der Waals surface area contributed by atoms with E-state index in [1.807, 2.05) is 0 Å². The van der Waals surface area contributed by atoms with E-state index < -0.39 is 0 Å². The quantitative estimate of drug-likeness (QED) is 0.529. The van der Waals surface area contributed by atoms with Crippen LogP contribution in [0.15, 0.2) is 12.7 Å². The summed E-state index contributed by atoms with van der Waals surface area (Å²) < 4.78 is 5.49. The maximum absolute atomic E-state index is 11.5. The van der Waals surface area contributed by atoms with Crippen molar-refractivity contribution < 1.29 is 9.53 Å². The Morgan fingerprint density at radius 3 is 2.10 bits per heavy atom. The molecule has 2 saturated carbocycles. The number of rotatable bonds is 5. The molecular formula is C18H30O2. The Balaban J connectivity index is 1.69. The molecule has 0 spiro atoms. The van der Waals surface area contributed by atoms with Gasteiger partial charge in [-0.1, -0.05) is 32.3 Å². The van der Waals surface area contributed by atoms with Gasteiger partial charge in [-0.25, -0.2) is 0 Å². The number of carbonyl (C=O) groups is 1. The van der Waals surface area contributed by atoms with Crippen LogP contribution in [-0.4, -0.2) is 12.1 Å². The van der Waals surface area contributed by atoms with Crippen LogP contribution in [0.1, 0.15) is 71.1 Å². The summed E-state index contributed by atoms with van der Waals surface area (Å²) in [5.74, 6) is 2.72. The molecule has 0 bridgehead atoms. The van der Waals surface area contributed by atoms with Crippen molar-refractivity contribution in [1.29, 1.82) is 0 Å². The standard InChI is InChI=1S/C18H30O2/c1-3-5-18(19)20-17-12-10-16(11-13-17)15-8-6-14(4-2)7-9-15/h3,14-17H,1,4-13H2,2H3. The number of ether oxygens (including phenoxy) is 1. The lowest BCUT2D eigenvalue weighted by Crippen LogP contribution is -2.29. The van der Waals surface area contributed by atoms with Gasteiger partial charge in [-0.2, -0.15) is 0 Å². The molecule has 2 nitrogen and oxygen atoms in total. The Bertz CT molecular complexity index is 307. The fourth-order valence-corrected chi connectivity index (χ4v) is 4.10. The van der Waals surface area contributed by atoms with E-state index in [2.05, 4.69) is 13.5 Å².